The predicted molar refractivity (Wildman–Crippen MR) is 171 cm³/mol. The monoisotopic (exact) mass is 698 g/mol. The minimum atomic E-state index is -0.468. The molecule has 8 heteroatoms. The third-order valence-corrected chi connectivity index (χ3v) is 8.37. The van der Waals surface area contributed by atoms with Gasteiger partial charge in [0.1, 0.15) is 0 Å². The van der Waals surface area contributed by atoms with E-state index in [1.807, 2.05) is 91.9 Å². The van der Waals surface area contributed by atoms with Crippen molar-refractivity contribution in [3.05, 3.63) is 138 Å². The van der Waals surface area contributed by atoms with Crippen LogP contribution in [0.1, 0.15) is 36.6 Å². The maximum Gasteiger partial charge on any atom is 0.338 e. The van der Waals surface area contributed by atoms with Gasteiger partial charge in [0, 0.05) is 42.5 Å². The summed E-state index contributed by atoms with van der Waals surface area (Å²) in [5.41, 5.74) is 5.19. The van der Waals surface area contributed by atoms with E-state index < -0.39 is 6.04 Å². The van der Waals surface area contributed by atoms with Crippen LogP contribution in [0.25, 0.3) is 0 Å². The van der Waals surface area contributed by atoms with Gasteiger partial charge in [-0.3, -0.25) is 0 Å². The van der Waals surface area contributed by atoms with Crippen LogP contribution < -0.4 is 10.2 Å². The number of nitrogens with zero attached hydrogens (tertiary/aromatic N) is 1. The standard InChI is InChI=1S/C32H26Br2Cl2N2O2/c1-2-40-32(39)30-28(37-26-15-7-22(33)8-16-26)19-29(20-3-11-24(35)12-4-20)38(27-17-9-23(34)10-18-27)31(30)21-5-13-25(36)14-6-21/h3-18,29,31,37H,2,19H2,1H3. The van der Waals surface area contributed by atoms with Crippen LogP contribution in [-0.4, -0.2) is 12.6 Å². The summed E-state index contributed by atoms with van der Waals surface area (Å²) in [4.78, 5) is 16.1. The minimum absolute atomic E-state index is 0.129. The molecule has 0 bridgehead atoms. The zero-order valence-electron chi connectivity index (χ0n) is 21.6. The SMILES string of the molecule is CCOC(=O)C1=C(Nc2ccc(Br)cc2)CC(c2ccc(Cl)cc2)N(c2ccc(Br)cc2)C1c1ccc(Cl)cc1. The van der Waals surface area contributed by atoms with Crippen molar-refractivity contribution < 1.29 is 9.53 Å². The number of carbonyl (C=O) groups is 1. The molecule has 4 aromatic carbocycles. The van der Waals surface area contributed by atoms with E-state index in [2.05, 4.69) is 54.2 Å². The van der Waals surface area contributed by atoms with Gasteiger partial charge in [0.2, 0.25) is 0 Å². The van der Waals surface area contributed by atoms with Gasteiger partial charge < -0.3 is 15.0 Å². The highest BCUT2D eigenvalue weighted by molar-refractivity contribution is 9.10. The molecule has 0 spiro atoms. The molecule has 0 saturated heterocycles. The van der Waals surface area contributed by atoms with E-state index >= 15 is 0 Å². The number of hydrogen-bond acceptors (Lipinski definition) is 4. The van der Waals surface area contributed by atoms with E-state index in [1.54, 1.807) is 0 Å². The van der Waals surface area contributed by atoms with Crippen molar-refractivity contribution in [2.24, 2.45) is 0 Å². The summed E-state index contributed by atoms with van der Waals surface area (Å²) in [5.74, 6) is -0.362. The summed E-state index contributed by atoms with van der Waals surface area (Å²) < 4.78 is 7.63. The normalized spacial score (nSPS) is 17.1. The molecule has 1 aliphatic heterocycles. The van der Waals surface area contributed by atoms with Gasteiger partial charge in [-0.2, -0.15) is 0 Å². The van der Waals surface area contributed by atoms with Crippen LogP contribution in [0.15, 0.2) is 117 Å². The number of benzene rings is 4. The highest BCUT2D eigenvalue weighted by Gasteiger charge is 2.41. The van der Waals surface area contributed by atoms with E-state index in [4.69, 9.17) is 27.9 Å². The van der Waals surface area contributed by atoms with Crippen LogP contribution in [0.5, 0.6) is 0 Å². The van der Waals surface area contributed by atoms with E-state index in [9.17, 15) is 4.79 Å². The Kier molecular flexibility index (Phi) is 9.21. The summed E-state index contributed by atoms with van der Waals surface area (Å²) in [6.07, 6.45) is 0.534. The van der Waals surface area contributed by atoms with E-state index in [-0.39, 0.29) is 18.6 Å². The molecule has 0 radical (unpaired) electrons. The molecule has 0 fully saturated rings. The number of rotatable bonds is 7. The van der Waals surface area contributed by atoms with Crippen molar-refractivity contribution in [3.63, 3.8) is 0 Å². The summed E-state index contributed by atoms with van der Waals surface area (Å²) in [7, 11) is 0. The fraction of sp³-hybridized carbons (Fsp3) is 0.156. The lowest BCUT2D eigenvalue weighted by Gasteiger charge is -2.46. The Morgan fingerprint density at radius 3 is 1.90 bits per heavy atom. The Balaban J connectivity index is 1.77. The van der Waals surface area contributed by atoms with Gasteiger partial charge in [-0.15, -0.1) is 0 Å². The molecule has 204 valence electrons. The topological polar surface area (TPSA) is 41.6 Å². The first-order chi connectivity index (χ1) is 19.3. The number of anilines is 2. The maximum absolute atomic E-state index is 13.8. The summed E-state index contributed by atoms with van der Waals surface area (Å²) in [5, 5.41) is 4.86. The van der Waals surface area contributed by atoms with E-state index in [0.29, 0.717) is 22.0 Å². The summed E-state index contributed by atoms with van der Waals surface area (Å²) in [6, 6.07) is 31.0. The largest absolute Gasteiger partial charge is 0.463 e. The highest BCUT2D eigenvalue weighted by Crippen LogP contribution is 2.48. The van der Waals surface area contributed by atoms with Crippen molar-refractivity contribution in [1.29, 1.82) is 0 Å². The van der Waals surface area contributed by atoms with Gasteiger partial charge in [0.05, 0.1) is 24.3 Å². The minimum Gasteiger partial charge on any atom is -0.463 e. The Morgan fingerprint density at radius 2 is 1.35 bits per heavy atom. The quantitative estimate of drug-likeness (QED) is 0.195. The van der Waals surface area contributed by atoms with Crippen molar-refractivity contribution in [2.75, 3.05) is 16.8 Å². The number of hydrogen-bond donors (Lipinski definition) is 1. The molecule has 0 aliphatic carbocycles. The van der Waals surface area contributed by atoms with Gasteiger partial charge in [0.25, 0.3) is 0 Å². The van der Waals surface area contributed by atoms with Gasteiger partial charge in [-0.1, -0.05) is 79.3 Å². The van der Waals surface area contributed by atoms with Crippen LogP contribution in [0.4, 0.5) is 11.4 Å². The lowest BCUT2D eigenvalue weighted by Crippen LogP contribution is -2.41. The lowest BCUT2D eigenvalue weighted by molar-refractivity contribution is -0.139. The summed E-state index contributed by atoms with van der Waals surface area (Å²) >= 11 is 19.7. The van der Waals surface area contributed by atoms with Crippen molar-refractivity contribution in [1.82, 2.24) is 0 Å². The molecule has 2 unspecified atom stereocenters. The molecule has 1 aliphatic rings. The number of ether oxygens (including phenoxy) is 1. The van der Waals surface area contributed by atoms with Crippen LogP contribution in [0.3, 0.4) is 0 Å². The maximum atomic E-state index is 13.8. The Labute approximate surface area is 261 Å². The molecule has 0 saturated carbocycles. The average molecular weight is 701 g/mol. The van der Waals surface area contributed by atoms with Crippen molar-refractivity contribution in [3.8, 4) is 0 Å². The van der Waals surface area contributed by atoms with E-state index in [0.717, 1.165) is 37.1 Å². The molecule has 2 atom stereocenters. The highest BCUT2D eigenvalue weighted by atomic mass is 79.9. The molecule has 0 aromatic heterocycles. The number of esters is 1. The second-order valence-corrected chi connectivity index (χ2v) is 12.1. The molecule has 4 aromatic rings. The second-order valence-electron chi connectivity index (χ2n) is 9.35. The number of nitrogens with one attached hydrogen (secondary N) is 1. The van der Waals surface area contributed by atoms with Crippen LogP contribution >= 0.6 is 55.1 Å². The molecule has 5 rings (SSSR count). The lowest BCUT2D eigenvalue weighted by atomic mass is 9.84. The summed E-state index contributed by atoms with van der Waals surface area (Å²) in [6.45, 7) is 2.09. The molecule has 40 heavy (non-hydrogen) atoms. The first-order valence-electron chi connectivity index (χ1n) is 12.8. The third kappa shape index (κ3) is 6.41. The Morgan fingerprint density at radius 1 is 0.825 bits per heavy atom. The Hall–Kier alpha value is -2.77. The number of carbonyl (C=O) groups excluding carboxylic acids is 1. The molecule has 0 amide bonds. The van der Waals surface area contributed by atoms with Gasteiger partial charge in [-0.25, -0.2) is 4.79 Å². The zero-order valence-corrected chi connectivity index (χ0v) is 26.3. The van der Waals surface area contributed by atoms with Crippen molar-refractivity contribution >= 4 is 72.4 Å². The van der Waals surface area contributed by atoms with Crippen LogP contribution in [-0.2, 0) is 9.53 Å². The van der Waals surface area contributed by atoms with Crippen LogP contribution in [0, 0.1) is 0 Å². The molecular formula is C32H26Br2Cl2N2O2. The molecule has 1 heterocycles. The molecule has 1 N–H and O–H groups in total. The van der Waals surface area contributed by atoms with E-state index in [1.165, 1.54) is 0 Å². The van der Waals surface area contributed by atoms with Gasteiger partial charge in [-0.05, 0) is 90.8 Å². The third-order valence-electron chi connectivity index (χ3n) is 6.81. The Bertz CT molecular complexity index is 1510. The first-order valence-corrected chi connectivity index (χ1v) is 15.2. The number of halogens is 4. The van der Waals surface area contributed by atoms with Gasteiger partial charge >= 0.3 is 5.97 Å². The first kappa shape index (κ1) is 28.7. The average Bonchev–Trinajstić information content (AvgIpc) is 2.95. The molecule has 4 nitrogen and oxygen atoms in total. The van der Waals surface area contributed by atoms with Crippen LogP contribution in [0.2, 0.25) is 10.0 Å². The van der Waals surface area contributed by atoms with Gasteiger partial charge in [0.15, 0.2) is 0 Å². The predicted octanol–water partition coefficient (Wildman–Crippen LogP) is 10.1. The fourth-order valence-electron chi connectivity index (χ4n) is 5.03. The van der Waals surface area contributed by atoms with Crippen molar-refractivity contribution in [2.45, 2.75) is 25.4 Å². The smallest absolute Gasteiger partial charge is 0.338 e. The zero-order chi connectivity index (χ0) is 28.2. The fourth-order valence-corrected chi connectivity index (χ4v) is 5.81. The molecular weight excluding hydrogens is 675 g/mol. The second kappa shape index (κ2) is 12.8.